The number of ketones is 1. The molecule has 0 saturated heterocycles. The zero-order chi connectivity index (χ0) is 20.0. The van der Waals surface area contributed by atoms with Crippen molar-refractivity contribution >= 4 is 11.7 Å². The Balaban J connectivity index is 2.44. The van der Waals surface area contributed by atoms with Crippen molar-refractivity contribution in [2.45, 2.75) is 39.7 Å². The second-order valence-electron chi connectivity index (χ2n) is 7.10. The largest absolute Gasteiger partial charge is 0.503 e. The summed E-state index contributed by atoms with van der Waals surface area (Å²) in [5, 5.41) is 10.4. The van der Waals surface area contributed by atoms with Crippen molar-refractivity contribution < 1.29 is 24.2 Å². The number of benzene rings is 1. The van der Waals surface area contributed by atoms with Crippen molar-refractivity contribution in [1.82, 2.24) is 4.90 Å². The van der Waals surface area contributed by atoms with Gasteiger partial charge in [-0.3, -0.25) is 9.59 Å². The number of carbonyl (C=O) groups excluding carboxylic acids is 2. The van der Waals surface area contributed by atoms with Gasteiger partial charge in [0.25, 0.3) is 5.91 Å². The molecule has 1 heterocycles. The van der Waals surface area contributed by atoms with Crippen molar-refractivity contribution in [3.63, 3.8) is 0 Å². The van der Waals surface area contributed by atoms with Gasteiger partial charge in [0.1, 0.15) is 5.75 Å². The molecule has 0 saturated carbocycles. The first-order chi connectivity index (χ1) is 12.9. The molecular weight excluding hydrogens is 346 g/mol. The van der Waals surface area contributed by atoms with Gasteiger partial charge in [0.05, 0.1) is 24.8 Å². The van der Waals surface area contributed by atoms with Crippen LogP contribution >= 0.6 is 0 Å². The molecule has 1 atom stereocenters. The number of carbonyl (C=O) groups is 2. The van der Waals surface area contributed by atoms with Gasteiger partial charge in [-0.2, -0.15) is 0 Å². The second kappa shape index (κ2) is 9.55. The van der Waals surface area contributed by atoms with Crippen LogP contribution in [0, 0.1) is 5.92 Å². The summed E-state index contributed by atoms with van der Waals surface area (Å²) in [6.45, 7) is 7.07. The van der Waals surface area contributed by atoms with Gasteiger partial charge in [-0.15, -0.1) is 0 Å². The SMILES string of the molecule is CCCOc1cccc(C2C(C(=O)CC(C)C)=C(O)C(=O)N2CCOC)c1. The number of ether oxygens (including phenoxy) is 2. The Hall–Kier alpha value is -2.34. The van der Waals surface area contributed by atoms with Crippen LogP contribution < -0.4 is 4.74 Å². The molecule has 1 aliphatic heterocycles. The summed E-state index contributed by atoms with van der Waals surface area (Å²) in [5.74, 6) is -0.400. The van der Waals surface area contributed by atoms with Crippen LogP contribution in [0.5, 0.6) is 5.75 Å². The minimum Gasteiger partial charge on any atom is -0.503 e. The molecule has 6 nitrogen and oxygen atoms in total. The van der Waals surface area contributed by atoms with Crippen molar-refractivity contribution in [3.8, 4) is 5.75 Å². The van der Waals surface area contributed by atoms with Crippen molar-refractivity contribution in [2.24, 2.45) is 5.92 Å². The summed E-state index contributed by atoms with van der Waals surface area (Å²) in [5.41, 5.74) is 0.904. The van der Waals surface area contributed by atoms with Crippen LogP contribution in [-0.4, -0.2) is 48.6 Å². The van der Waals surface area contributed by atoms with E-state index in [4.69, 9.17) is 9.47 Å². The molecule has 27 heavy (non-hydrogen) atoms. The number of amides is 1. The first-order valence-electron chi connectivity index (χ1n) is 9.39. The maximum atomic E-state index is 12.8. The molecule has 1 unspecified atom stereocenters. The lowest BCUT2D eigenvalue weighted by atomic mass is 9.92. The third-order valence-corrected chi connectivity index (χ3v) is 4.38. The topological polar surface area (TPSA) is 76.1 Å². The fourth-order valence-corrected chi connectivity index (χ4v) is 3.18. The fourth-order valence-electron chi connectivity index (χ4n) is 3.18. The van der Waals surface area contributed by atoms with Gasteiger partial charge >= 0.3 is 0 Å². The van der Waals surface area contributed by atoms with Crippen LogP contribution in [0.25, 0.3) is 0 Å². The van der Waals surface area contributed by atoms with Crippen LogP contribution in [0.1, 0.15) is 45.2 Å². The monoisotopic (exact) mass is 375 g/mol. The summed E-state index contributed by atoms with van der Waals surface area (Å²) in [6.07, 6.45) is 1.15. The molecule has 0 aromatic heterocycles. The highest BCUT2D eigenvalue weighted by Crippen LogP contribution is 2.39. The molecule has 0 bridgehead atoms. The van der Waals surface area contributed by atoms with Crippen LogP contribution in [0.2, 0.25) is 0 Å². The maximum absolute atomic E-state index is 12.8. The molecular formula is C21H29NO5. The standard InChI is InChI=1S/C21H29NO5/c1-5-10-27-16-8-6-7-15(13-16)19-18(17(23)12-14(2)3)20(24)21(25)22(19)9-11-26-4/h6-8,13-14,19,24H,5,9-12H2,1-4H3. The van der Waals surface area contributed by atoms with E-state index in [1.54, 1.807) is 7.11 Å². The highest BCUT2D eigenvalue weighted by Gasteiger charge is 2.43. The van der Waals surface area contributed by atoms with Gasteiger partial charge < -0.3 is 19.5 Å². The van der Waals surface area contributed by atoms with E-state index in [1.165, 1.54) is 4.90 Å². The number of aliphatic hydroxyl groups is 1. The van der Waals surface area contributed by atoms with Crippen LogP contribution in [0.4, 0.5) is 0 Å². The Morgan fingerprint density at radius 1 is 1.30 bits per heavy atom. The molecule has 1 aromatic carbocycles. The Bertz CT molecular complexity index is 710. The molecule has 0 spiro atoms. The number of rotatable bonds is 10. The molecule has 2 rings (SSSR count). The van der Waals surface area contributed by atoms with E-state index in [9.17, 15) is 14.7 Å². The van der Waals surface area contributed by atoms with Crippen LogP contribution in [-0.2, 0) is 14.3 Å². The lowest BCUT2D eigenvalue weighted by Crippen LogP contribution is -2.34. The summed E-state index contributed by atoms with van der Waals surface area (Å²) >= 11 is 0. The normalized spacial score (nSPS) is 17.1. The molecule has 1 N–H and O–H groups in total. The van der Waals surface area contributed by atoms with Crippen LogP contribution in [0.15, 0.2) is 35.6 Å². The first kappa shape index (κ1) is 21.0. The Kier molecular flexibility index (Phi) is 7.42. The predicted octanol–water partition coefficient (Wildman–Crippen LogP) is 3.43. The lowest BCUT2D eigenvalue weighted by molar-refractivity contribution is -0.130. The Labute approximate surface area is 160 Å². The number of Topliss-reactive ketones (excluding diaryl/α,β-unsaturated/α-hetero) is 1. The minimum atomic E-state index is -0.635. The van der Waals surface area contributed by atoms with Crippen LogP contribution in [0.3, 0.4) is 0 Å². The molecule has 0 radical (unpaired) electrons. The number of nitrogens with zero attached hydrogens (tertiary/aromatic N) is 1. The van der Waals surface area contributed by atoms with Crippen molar-refractivity contribution in [1.29, 1.82) is 0 Å². The zero-order valence-corrected chi connectivity index (χ0v) is 16.5. The quantitative estimate of drug-likeness (QED) is 0.678. The highest BCUT2D eigenvalue weighted by molar-refractivity contribution is 6.09. The summed E-state index contributed by atoms with van der Waals surface area (Å²) in [6, 6.07) is 6.71. The van der Waals surface area contributed by atoms with E-state index in [0.29, 0.717) is 19.0 Å². The van der Waals surface area contributed by atoms with E-state index in [2.05, 4.69) is 0 Å². The van der Waals surface area contributed by atoms with Gasteiger partial charge in [-0.05, 0) is 30.0 Å². The fraction of sp³-hybridized carbons (Fsp3) is 0.524. The van der Waals surface area contributed by atoms with Gasteiger partial charge in [0, 0.05) is 20.1 Å². The molecule has 1 aromatic rings. The molecule has 1 amide bonds. The number of hydrogen-bond donors (Lipinski definition) is 1. The lowest BCUT2D eigenvalue weighted by Gasteiger charge is -2.27. The van der Waals surface area contributed by atoms with Crippen molar-refractivity contribution in [2.75, 3.05) is 26.9 Å². The molecule has 0 aliphatic carbocycles. The Morgan fingerprint density at radius 3 is 2.67 bits per heavy atom. The van der Waals surface area contributed by atoms with Gasteiger partial charge in [-0.25, -0.2) is 0 Å². The van der Waals surface area contributed by atoms with Gasteiger partial charge in [-0.1, -0.05) is 32.9 Å². The van der Waals surface area contributed by atoms with Gasteiger partial charge in [0.2, 0.25) is 0 Å². The van der Waals surface area contributed by atoms with Gasteiger partial charge in [0.15, 0.2) is 11.5 Å². The minimum absolute atomic E-state index is 0.126. The van der Waals surface area contributed by atoms with E-state index in [0.717, 1.165) is 12.0 Å². The summed E-state index contributed by atoms with van der Waals surface area (Å²) in [7, 11) is 1.55. The van der Waals surface area contributed by atoms with E-state index < -0.39 is 17.7 Å². The molecule has 148 valence electrons. The number of methoxy groups -OCH3 is 1. The molecule has 6 heteroatoms. The smallest absolute Gasteiger partial charge is 0.290 e. The maximum Gasteiger partial charge on any atom is 0.290 e. The average Bonchev–Trinajstić information content (AvgIpc) is 2.89. The second-order valence-corrected chi connectivity index (χ2v) is 7.10. The van der Waals surface area contributed by atoms with E-state index >= 15 is 0 Å². The number of aliphatic hydroxyl groups excluding tert-OH is 1. The predicted molar refractivity (Wildman–Crippen MR) is 103 cm³/mol. The third kappa shape index (κ3) is 4.89. The average molecular weight is 375 g/mol. The number of hydrogen-bond acceptors (Lipinski definition) is 5. The third-order valence-electron chi connectivity index (χ3n) is 4.38. The summed E-state index contributed by atoms with van der Waals surface area (Å²) < 4.78 is 10.8. The van der Waals surface area contributed by atoms with Crippen molar-refractivity contribution in [3.05, 3.63) is 41.2 Å². The molecule has 1 aliphatic rings. The highest BCUT2D eigenvalue weighted by atomic mass is 16.5. The first-order valence-corrected chi connectivity index (χ1v) is 9.39. The zero-order valence-electron chi connectivity index (χ0n) is 16.5. The van der Waals surface area contributed by atoms with E-state index in [-0.39, 0.29) is 30.2 Å². The summed E-state index contributed by atoms with van der Waals surface area (Å²) in [4.78, 5) is 26.9. The Morgan fingerprint density at radius 2 is 2.04 bits per heavy atom. The molecule has 0 fully saturated rings. The van der Waals surface area contributed by atoms with E-state index in [1.807, 2.05) is 45.0 Å².